The number of ether oxygens (including phenoxy) is 1. The molecule has 2 N–H and O–H groups in total. The number of hydrogen-bond donors (Lipinski definition) is 1. The molecule has 94 valence electrons. The quantitative estimate of drug-likeness (QED) is 0.922. The number of nitrogens with two attached hydrogens (primary N) is 1. The molecule has 0 aliphatic carbocycles. The maximum absolute atomic E-state index is 13.2. The van der Waals surface area contributed by atoms with E-state index in [-0.39, 0.29) is 11.9 Å². The Hall–Kier alpha value is -1.65. The highest BCUT2D eigenvalue weighted by Gasteiger charge is 2.10. The van der Waals surface area contributed by atoms with Crippen molar-refractivity contribution < 1.29 is 9.13 Å². The SMILES string of the molecule is C[C@H](N)c1cc(F)ccc1Oc1cncc(Cl)c1. The molecule has 0 aliphatic rings. The van der Waals surface area contributed by atoms with Crippen LogP contribution in [-0.4, -0.2) is 4.98 Å². The Kier molecular flexibility index (Phi) is 3.79. The fourth-order valence-corrected chi connectivity index (χ4v) is 1.71. The van der Waals surface area contributed by atoms with Crippen molar-refractivity contribution >= 4 is 11.6 Å². The molecular formula is C13H12ClFN2O. The lowest BCUT2D eigenvalue weighted by Crippen LogP contribution is -2.07. The Labute approximate surface area is 109 Å². The molecule has 2 aromatic rings. The number of hydrogen-bond acceptors (Lipinski definition) is 3. The second-order valence-corrected chi connectivity index (χ2v) is 4.35. The molecule has 1 heterocycles. The summed E-state index contributed by atoms with van der Waals surface area (Å²) in [7, 11) is 0. The summed E-state index contributed by atoms with van der Waals surface area (Å²) in [4.78, 5) is 3.91. The molecule has 0 spiro atoms. The monoisotopic (exact) mass is 266 g/mol. The molecule has 0 fully saturated rings. The minimum atomic E-state index is -0.348. The molecule has 1 aromatic heterocycles. The van der Waals surface area contributed by atoms with Gasteiger partial charge in [-0.2, -0.15) is 0 Å². The average Bonchev–Trinajstić information content (AvgIpc) is 2.31. The Morgan fingerprint density at radius 3 is 2.78 bits per heavy atom. The van der Waals surface area contributed by atoms with E-state index in [0.29, 0.717) is 22.1 Å². The summed E-state index contributed by atoms with van der Waals surface area (Å²) in [6, 6.07) is 5.51. The van der Waals surface area contributed by atoms with Gasteiger partial charge in [-0.05, 0) is 25.1 Å². The van der Waals surface area contributed by atoms with Gasteiger partial charge in [0, 0.05) is 23.9 Å². The summed E-state index contributed by atoms with van der Waals surface area (Å²) in [6.07, 6.45) is 3.03. The first kappa shape index (κ1) is 12.8. The van der Waals surface area contributed by atoms with E-state index < -0.39 is 0 Å². The van der Waals surface area contributed by atoms with Crippen LogP contribution in [0, 0.1) is 5.82 Å². The zero-order valence-corrected chi connectivity index (χ0v) is 10.5. The van der Waals surface area contributed by atoms with E-state index in [2.05, 4.69) is 4.98 Å². The van der Waals surface area contributed by atoms with Crippen LogP contribution in [0.4, 0.5) is 4.39 Å². The van der Waals surface area contributed by atoms with Crippen LogP contribution in [0.5, 0.6) is 11.5 Å². The van der Waals surface area contributed by atoms with Gasteiger partial charge in [0.25, 0.3) is 0 Å². The van der Waals surface area contributed by atoms with Crippen molar-refractivity contribution in [3.8, 4) is 11.5 Å². The van der Waals surface area contributed by atoms with Gasteiger partial charge in [0.1, 0.15) is 17.3 Å². The number of nitrogens with zero attached hydrogens (tertiary/aromatic N) is 1. The molecule has 2 rings (SSSR count). The van der Waals surface area contributed by atoms with E-state index in [1.807, 2.05) is 0 Å². The van der Waals surface area contributed by atoms with E-state index in [0.717, 1.165) is 0 Å². The van der Waals surface area contributed by atoms with Crippen LogP contribution in [0.15, 0.2) is 36.7 Å². The summed E-state index contributed by atoms with van der Waals surface area (Å²) in [5.41, 5.74) is 6.37. The van der Waals surface area contributed by atoms with Crippen LogP contribution in [-0.2, 0) is 0 Å². The van der Waals surface area contributed by atoms with Crippen molar-refractivity contribution in [2.75, 3.05) is 0 Å². The number of halogens is 2. The Morgan fingerprint density at radius 2 is 2.11 bits per heavy atom. The average molecular weight is 267 g/mol. The molecule has 5 heteroatoms. The maximum Gasteiger partial charge on any atom is 0.147 e. The summed E-state index contributed by atoms with van der Waals surface area (Å²) in [5, 5.41) is 0.469. The molecule has 1 atom stereocenters. The minimum Gasteiger partial charge on any atom is -0.455 e. The smallest absolute Gasteiger partial charge is 0.147 e. The predicted molar refractivity (Wildman–Crippen MR) is 68.3 cm³/mol. The highest BCUT2D eigenvalue weighted by atomic mass is 35.5. The van der Waals surface area contributed by atoms with Crippen molar-refractivity contribution in [1.29, 1.82) is 0 Å². The zero-order valence-electron chi connectivity index (χ0n) is 9.73. The largest absolute Gasteiger partial charge is 0.455 e. The Bertz CT molecular complexity index is 560. The molecule has 3 nitrogen and oxygen atoms in total. The Balaban J connectivity index is 2.34. The van der Waals surface area contributed by atoms with Crippen LogP contribution in [0.1, 0.15) is 18.5 Å². The highest BCUT2D eigenvalue weighted by molar-refractivity contribution is 6.30. The van der Waals surface area contributed by atoms with Gasteiger partial charge in [-0.1, -0.05) is 11.6 Å². The molecule has 18 heavy (non-hydrogen) atoms. The normalized spacial score (nSPS) is 12.2. The zero-order chi connectivity index (χ0) is 13.1. The van der Waals surface area contributed by atoms with Crippen LogP contribution in [0.3, 0.4) is 0 Å². The molecule has 0 unspecified atom stereocenters. The van der Waals surface area contributed by atoms with E-state index in [1.54, 1.807) is 13.0 Å². The highest BCUT2D eigenvalue weighted by Crippen LogP contribution is 2.29. The van der Waals surface area contributed by atoms with Crippen LogP contribution >= 0.6 is 11.6 Å². The maximum atomic E-state index is 13.2. The van der Waals surface area contributed by atoms with Crippen LogP contribution in [0.2, 0.25) is 5.02 Å². The minimum absolute atomic E-state index is 0.331. The lowest BCUT2D eigenvalue weighted by atomic mass is 10.1. The summed E-state index contributed by atoms with van der Waals surface area (Å²) >= 11 is 5.81. The first-order valence-corrected chi connectivity index (χ1v) is 5.77. The first-order valence-electron chi connectivity index (χ1n) is 5.39. The number of benzene rings is 1. The molecule has 0 aliphatic heterocycles. The van der Waals surface area contributed by atoms with Gasteiger partial charge in [0.15, 0.2) is 0 Å². The fraction of sp³-hybridized carbons (Fsp3) is 0.154. The van der Waals surface area contributed by atoms with Crippen molar-refractivity contribution in [2.24, 2.45) is 5.73 Å². The van der Waals surface area contributed by atoms with Gasteiger partial charge in [-0.15, -0.1) is 0 Å². The van der Waals surface area contributed by atoms with Crippen LogP contribution < -0.4 is 10.5 Å². The molecule has 0 bridgehead atoms. The summed E-state index contributed by atoms with van der Waals surface area (Å²) in [5.74, 6) is 0.630. The van der Waals surface area contributed by atoms with Gasteiger partial charge in [0.2, 0.25) is 0 Å². The second-order valence-electron chi connectivity index (χ2n) is 3.91. The van der Waals surface area contributed by atoms with E-state index in [1.165, 1.54) is 30.6 Å². The lowest BCUT2D eigenvalue weighted by Gasteiger charge is -2.13. The standard InChI is InChI=1S/C13H12ClFN2O/c1-8(16)12-5-10(15)2-3-13(12)18-11-4-9(14)6-17-7-11/h2-8H,16H2,1H3/t8-/m0/s1. The van der Waals surface area contributed by atoms with Gasteiger partial charge in [0.05, 0.1) is 11.2 Å². The molecular weight excluding hydrogens is 255 g/mol. The van der Waals surface area contributed by atoms with E-state index in [4.69, 9.17) is 22.1 Å². The third-order valence-electron chi connectivity index (χ3n) is 2.37. The number of aromatic nitrogens is 1. The van der Waals surface area contributed by atoms with Gasteiger partial charge < -0.3 is 10.5 Å². The van der Waals surface area contributed by atoms with Crippen molar-refractivity contribution in [3.05, 3.63) is 53.1 Å². The summed E-state index contributed by atoms with van der Waals surface area (Å²) < 4.78 is 18.8. The van der Waals surface area contributed by atoms with Gasteiger partial charge in [-0.3, -0.25) is 4.98 Å². The molecule has 1 aromatic carbocycles. The third kappa shape index (κ3) is 2.97. The van der Waals surface area contributed by atoms with Crippen molar-refractivity contribution in [2.45, 2.75) is 13.0 Å². The second kappa shape index (κ2) is 5.33. The third-order valence-corrected chi connectivity index (χ3v) is 2.58. The van der Waals surface area contributed by atoms with Crippen LogP contribution in [0.25, 0.3) is 0 Å². The number of rotatable bonds is 3. The molecule has 0 saturated heterocycles. The van der Waals surface area contributed by atoms with Crippen molar-refractivity contribution in [1.82, 2.24) is 4.98 Å². The molecule has 0 saturated carbocycles. The topological polar surface area (TPSA) is 48.1 Å². The number of pyridine rings is 1. The molecule has 0 radical (unpaired) electrons. The molecule has 0 amide bonds. The summed E-state index contributed by atoms with van der Waals surface area (Å²) in [6.45, 7) is 1.76. The van der Waals surface area contributed by atoms with E-state index in [9.17, 15) is 4.39 Å². The van der Waals surface area contributed by atoms with Crippen molar-refractivity contribution in [3.63, 3.8) is 0 Å². The van der Waals surface area contributed by atoms with Gasteiger partial charge in [-0.25, -0.2) is 4.39 Å². The lowest BCUT2D eigenvalue weighted by molar-refractivity contribution is 0.467. The Morgan fingerprint density at radius 1 is 1.33 bits per heavy atom. The van der Waals surface area contributed by atoms with E-state index >= 15 is 0 Å². The first-order chi connectivity index (χ1) is 8.56. The predicted octanol–water partition coefficient (Wildman–Crippen LogP) is 3.69. The fourth-order valence-electron chi connectivity index (χ4n) is 1.54. The van der Waals surface area contributed by atoms with Gasteiger partial charge >= 0.3 is 0 Å².